The van der Waals surface area contributed by atoms with Crippen molar-refractivity contribution < 1.29 is 0 Å². The van der Waals surface area contributed by atoms with Gasteiger partial charge in [-0.2, -0.15) is 0 Å². The average molecular weight is 782 g/mol. The normalized spacial score (nSPS) is 11.3. The lowest BCUT2D eigenvalue weighted by atomic mass is 9.97. The molecule has 60 heavy (non-hydrogen) atoms. The van der Waals surface area contributed by atoms with E-state index in [1.807, 2.05) is 11.3 Å². The lowest BCUT2D eigenvalue weighted by Gasteiger charge is -2.26. The molecular formula is C58H39NS. The van der Waals surface area contributed by atoms with Crippen molar-refractivity contribution in [3.63, 3.8) is 0 Å². The minimum atomic E-state index is 1.10. The van der Waals surface area contributed by atoms with Gasteiger partial charge in [0.1, 0.15) is 0 Å². The molecule has 0 saturated heterocycles. The van der Waals surface area contributed by atoms with Crippen molar-refractivity contribution in [3.8, 4) is 55.6 Å². The van der Waals surface area contributed by atoms with Crippen molar-refractivity contribution in [3.05, 3.63) is 237 Å². The fraction of sp³-hybridized carbons (Fsp3) is 0. The van der Waals surface area contributed by atoms with Crippen LogP contribution in [0.15, 0.2) is 237 Å². The molecule has 2 heteroatoms. The summed E-state index contributed by atoms with van der Waals surface area (Å²) < 4.78 is 2.65. The Hall–Kier alpha value is -7.52. The molecule has 0 radical (unpaired) electrons. The van der Waals surface area contributed by atoms with Gasteiger partial charge in [-0.25, -0.2) is 0 Å². The van der Waals surface area contributed by atoms with E-state index < -0.39 is 0 Å². The molecule has 0 bridgehead atoms. The number of nitrogens with zero attached hydrogens (tertiary/aromatic N) is 1. The van der Waals surface area contributed by atoms with Crippen LogP contribution >= 0.6 is 11.3 Å². The van der Waals surface area contributed by atoms with Crippen molar-refractivity contribution >= 4 is 59.3 Å². The van der Waals surface area contributed by atoms with Gasteiger partial charge in [-0.15, -0.1) is 11.3 Å². The topological polar surface area (TPSA) is 3.24 Å². The number of rotatable bonds is 8. The molecule has 0 N–H and O–H groups in total. The van der Waals surface area contributed by atoms with Crippen LogP contribution in [-0.2, 0) is 0 Å². The van der Waals surface area contributed by atoms with Crippen molar-refractivity contribution in [2.45, 2.75) is 0 Å². The fourth-order valence-electron chi connectivity index (χ4n) is 8.67. The molecule has 0 aliphatic carbocycles. The summed E-state index contributed by atoms with van der Waals surface area (Å²) in [5.41, 5.74) is 15.4. The minimum absolute atomic E-state index is 1.10. The highest BCUT2D eigenvalue weighted by Gasteiger charge is 2.16. The number of anilines is 3. The highest BCUT2D eigenvalue weighted by molar-refractivity contribution is 7.26. The van der Waals surface area contributed by atoms with E-state index in [-0.39, 0.29) is 0 Å². The summed E-state index contributed by atoms with van der Waals surface area (Å²) in [6.45, 7) is 0. The second-order valence-corrected chi connectivity index (χ2v) is 16.4. The second kappa shape index (κ2) is 15.3. The van der Waals surface area contributed by atoms with Crippen LogP contribution in [0.2, 0.25) is 0 Å². The van der Waals surface area contributed by atoms with E-state index in [0.29, 0.717) is 0 Å². The molecule has 0 spiro atoms. The largest absolute Gasteiger partial charge is 0.310 e. The maximum Gasteiger partial charge on any atom is 0.0467 e. The molecule has 0 saturated carbocycles. The zero-order chi connectivity index (χ0) is 39.8. The molecule has 0 aliphatic heterocycles. The molecule has 1 aromatic heterocycles. The zero-order valence-corrected chi connectivity index (χ0v) is 33.7. The van der Waals surface area contributed by atoms with Crippen molar-refractivity contribution in [1.82, 2.24) is 0 Å². The quantitative estimate of drug-likeness (QED) is 0.148. The summed E-state index contributed by atoms with van der Waals surface area (Å²) in [5.74, 6) is 0. The Morgan fingerprint density at radius 3 is 1.50 bits per heavy atom. The van der Waals surface area contributed by atoms with Gasteiger partial charge in [0.15, 0.2) is 0 Å². The molecule has 0 atom stereocenters. The van der Waals surface area contributed by atoms with E-state index in [1.165, 1.54) is 86.6 Å². The molecule has 0 amide bonds. The first-order valence-corrected chi connectivity index (χ1v) is 21.3. The Morgan fingerprint density at radius 2 is 0.750 bits per heavy atom. The molecule has 0 unspecified atom stereocenters. The summed E-state index contributed by atoms with van der Waals surface area (Å²) in [4.78, 5) is 2.38. The van der Waals surface area contributed by atoms with Gasteiger partial charge >= 0.3 is 0 Å². The van der Waals surface area contributed by atoms with Crippen LogP contribution in [0.4, 0.5) is 17.1 Å². The average Bonchev–Trinajstić information content (AvgIpc) is 3.72. The third-order valence-electron chi connectivity index (χ3n) is 11.7. The summed E-state index contributed by atoms with van der Waals surface area (Å²) in [6, 6.07) is 86.0. The van der Waals surface area contributed by atoms with Crippen molar-refractivity contribution in [1.29, 1.82) is 0 Å². The van der Waals surface area contributed by atoms with E-state index in [1.54, 1.807) is 0 Å². The number of hydrogen-bond donors (Lipinski definition) is 0. The van der Waals surface area contributed by atoms with Crippen LogP contribution in [0, 0.1) is 0 Å². The van der Waals surface area contributed by atoms with E-state index in [9.17, 15) is 0 Å². The standard InChI is InChI=1S/C58H39NS/c1-2-12-40(13-3-1)41-26-28-42(29-27-41)43-30-34-49(35-31-43)59(50-36-32-45(33-37-50)53-22-10-15-44-14-4-5-20-52(44)53)51-19-9-17-47(39-51)46-16-8-18-48(38-46)54-23-11-24-56-55-21-6-7-25-57(55)60-58(54)56/h1-39H. The molecular weight excluding hydrogens is 743 g/mol. The first-order chi connectivity index (χ1) is 29.7. The number of fused-ring (bicyclic) bond motifs is 4. The Balaban J connectivity index is 0.975. The van der Waals surface area contributed by atoms with Gasteiger partial charge in [0, 0.05) is 37.2 Å². The van der Waals surface area contributed by atoms with Crippen LogP contribution in [-0.4, -0.2) is 0 Å². The SMILES string of the molecule is c1ccc(-c2ccc(-c3ccc(N(c4ccc(-c5cccc6ccccc56)cc4)c4cccc(-c5cccc(-c6cccc7c6sc6ccccc67)c5)c4)cc3)cc2)cc1. The summed E-state index contributed by atoms with van der Waals surface area (Å²) in [5, 5.41) is 5.15. The second-order valence-electron chi connectivity index (χ2n) is 15.3. The first-order valence-electron chi connectivity index (χ1n) is 20.5. The van der Waals surface area contributed by atoms with Crippen LogP contribution < -0.4 is 4.90 Å². The van der Waals surface area contributed by atoms with E-state index in [0.717, 1.165) is 17.1 Å². The maximum absolute atomic E-state index is 2.38. The van der Waals surface area contributed by atoms with Crippen molar-refractivity contribution in [2.24, 2.45) is 0 Å². The van der Waals surface area contributed by atoms with Crippen LogP contribution in [0.5, 0.6) is 0 Å². The Kier molecular flexibility index (Phi) is 9.11. The van der Waals surface area contributed by atoms with Gasteiger partial charge in [0.2, 0.25) is 0 Å². The van der Waals surface area contributed by atoms with Crippen LogP contribution in [0.1, 0.15) is 0 Å². The lowest BCUT2D eigenvalue weighted by molar-refractivity contribution is 1.28. The predicted octanol–water partition coefficient (Wildman–Crippen LogP) is 17.0. The third kappa shape index (κ3) is 6.63. The van der Waals surface area contributed by atoms with Gasteiger partial charge < -0.3 is 4.90 Å². The van der Waals surface area contributed by atoms with Crippen LogP contribution in [0.25, 0.3) is 86.6 Å². The molecule has 11 aromatic rings. The fourth-order valence-corrected chi connectivity index (χ4v) is 9.91. The van der Waals surface area contributed by atoms with Gasteiger partial charge in [0.05, 0.1) is 0 Å². The molecule has 10 aromatic carbocycles. The molecule has 282 valence electrons. The minimum Gasteiger partial charge on any atom is -0.310 e. The Bertz CT molecular complexity index is 3280. The van der Waals surface area contributed by atoms with E-state index >= 15 is 0 Å². The smallest absolute Gasteiger partial charge is 0.0467 e. The van der Waals surface area contributed by atoms with Gasteiger partial charge in [-0.05, 0) is 115 Å². The van der Waals surface area contributed by atoms with E-state index in [2.05, 4.69) is 241 Å². The summed E-state index contributed by atoms with van der Waals surface area (Å²) in [7, 11) is 0. The lowest BCUT2D eigenvalue weighted by Crippen LogP contribution is -2.10. The molecule has 1 nitrogen and oxygen atoms in total. The Morgan fingerprint density at radius 1 is 0.267 bits per heavy atom. The van der Waals surface area contributed by atoms with E-state index in [4.69, 9.17) is 0 Å². The monoisotopic (exact) mass is 781 g/mol. The maximum atomic E-state index is 2.38. The highest BCUT2D eigenvalue weighted by Crippen LogP contribution is 2.42. The molecule has 0 aliphatic rings. The number of hydrogen-bond acceptors (Lipinski definition) is 2. The predicted molar refractivity (Wildman–Crippen MR) is 259 cm³/mol. The highest BCUT2D eigenvalue weighted by atomic mass is 32.1. The van der Waals surface area contributed by atoms with Gasteiger partial charge in [-0.3, -0.25) is 0 Å². The molecule has 1 heterocycles. The zero-order valence-electron chi connectivity index (χ0n) is 32.9. The summed E-state index contributed by atoms with van der Waals surface area (Å²) in [6.07, 6.45) is 0. The number of benzene rings is 10. The van der Waals surface area contributed by atoms with Gasteiger partial charge in [-0.1, -0.05) is 188 Å². The third-order valence-corrected chi connectivity index (χ3v) is 12.9. The summed E-state index contributed by atoms with van der Waals surface area (Å²) >= 11 is 1.88. The van der Waals surface area contributed by atoms with Crippen LogP contribution in [0.3, 0.4) is 0 Å². The molecule has 0 fully saturated rings. The molecule has 11 rings (SSSR count). The number of thiophene rings is 1. The first kappa shape index (κ1) is 35.6. The Labute approximate surface area is 354 Å². The van der Waals surface area contributed by atoms with Gasteiger partial charge in [0.25, 0.3) is 0 Å². The van der Waals surface area contributed by atoms with Crippen molar-refractivity contribution in [2.75, 3.05) is 4.90 Å².